The van der Waals surface area contributed by atoms with Gasteiger partial charge in [0.05, 0.1) is 5.41 Å². The second kappa shape index (κ2) is 6.18. The zero-order valence-electron chi connectivity index (χ0n) is 16.7. The van der Waals surface area contributed by atoms with Crippen LogP contribution in [-0.2, 0) is 16.8 Å². The molecule has 4 atom stereocenters. The summed E-state index contributed by atoms with van der Waals surface area (Å²) in [6.07, 6.45) is 6.81. The molecule has 4 aliphatic rings. The highest BCUT2D eigenvalue weighted by atomic mass is 16.2. The molecule has 2 aromatic carbocycles. The quantitative estimate of drug-likeness (QED) is 0.790. The van der Waals surface area contributed by atoms with Crippen LogP contribution in [-0.4, -0.2) is 5.91 Å². The lowest BCUT2D eigenvalue weighted by molar-refractivity contribution is -0.154. The molecule has 0 aliphatic heterocycles. The maximum Gasteiger partial charge on any atom is 0.230 e. The molecule has 4 unspecified atom stereocenters. The highest BCUT2D eigenvalue weighted by Crippen LogP contribution is 2.70. The van der Waals surface area contributed by atoms with Crippen LogP contribution >= 0.6 is 0 Å². The molecule has 2 aromatic rings. The minimum atomic E-state index is -0.240. The molecular formula is C25H30N2O. The van der Waals surface area contributed by atoms with Crippen molar-refractivity contribution in [3.8, 4) is 0 Å². The average Bonchev–Trinajstić information content (AvgIpc) is 2.67. The Morgan fingerprint density at radius 3 is 2.43 bits per heavy atom. The zero-order valence-corrected chi connectivity index (χ0v) is 16.7. The van der Waals surface area contributed by atoms with Crippen LogP contribution in [0.2, 0.25) is 0 Å². The van der Waals surface area contributed by atoms with Gasteiger partial charge in [-0.3, -0.25) is 4.79 Å². The number of anilines is 1. The Labute approximate surface area is 167 Å². The molecule has 0 aromatic heterocycles. The summed E-state index contributed by atoms with van der Waals surface area (Å²) in [5.74, 6) is 0.885. The molecule has 0 radical (unpaired) electrons. The molecule has 0 saturated heterocycles. The van der Waals surface area contributed by atoms with Crippen molar-refractivity contribution in [1.82, 2.24) is 0 Å². The van der Waals surface area contributed by atoms with E-state index in [2.05, 4.69) is 42.6 Å². The Bertz CT molecular complexity index is 893. The molecule has 146 valence electrons. The predicted octanol–water partition coefficient (Wildman–Crippen LogP) is 5.01. The van der Waals surface area contributed by atoms with E-state index in [1.54, 1.807) is 0 Å². The minimum absolute atomic E-state index is 0.163. The van der Waals surface area contributed by atoms with E-state index in [1.807, 2.05) is 24.3 Å². The molecule has 3 nitrogen and oxygen atoms in total. The third-order valence-corrected chi connectivity index (χ3v) is 7.66. The van der Waals surface area contributed by atoms with Crippen molar-refractivity contribution < 1.29 is 4.79 Å². The summed E-state index contributed by atoms with van der Waals surface area (Å²) < 4.78 is 0. The standard InChI is InChI=1S/C25H30N2O/c1-23-11-19-12-24(15-23,20-5-3-2-4-6-20)17-25(13-19,16-23)22(28)27-21-9-7-18(14-26)8-10-21/h2-10,19H,11-17,26H2,1H3,(H,27,28). The topological polar surface area (TPSA) is 55.1 Å². The smallest absolute Gasteiger partial charge is 0.230 e. The molecule has 4 fully saturated rings. The molecule has 4 saturated carbocycles. The molecule has 0 heterocycles. The monoisotopic (exact) mass is 374 g/mol. The van der Waals surface area contributed by atoms with Crippen molar-refractivity contribution in [1.29, 1.82) is 0 Å². The summed E-state index contributed by atoms with van der Waals surface area (Å²) in [6, 6.07) is 18.9. The first-order valence-corrected chi connectivity index (χ1v) is 10.6. The number of hydrogen-bond donors (Lipinski definition) is 2. The summed E-state index contributed by atoms with van der Waals surface area (Å²) in [5.41, 5.74) is 9.31. The van der Waals surface area contributed by atoms with Gasteiger partial charge in [-0.1, -0.05) is 49.4 Å². The van der Waals surface area contributed by atoms with E-state index in [9.17, 15) is 4.79 Å². The molecule has 3 heteroatoms. The molecule has 3 N–H and O–H groups in total. The van der Waals surface area contributed by atoms with Crippen molar-refractivity contribution in [3.05, 3.63) is 65.7 Å². The van der Waals surface area contributed by atoms with E-state index < -0.39 is 0 Å². The van der Waals surface area contributed by atoms with E-state index in [0.717, 1.165) is 30.5 Å². The highest BCUT2D eigenvalue weighted by Gasteiger charge is 2.64. The Morgan fingerprint density at radius 1 is 1.00 bits per heavy atom. The fraction of sp³-hybridized carbons (Fsp3) is 0.480. The molecule has 0 spiro atoms. The normalized spacial score (nSPS) is 35.7. The van der Waals surface area contributed by atoms with E-state index in [-0.39, 0.29) is 22.2 Å². The van der Waals surface area contributed by atoms with Crippen LogP contribution in [0.15, 0.2) is 54.6 Å². The van der Waals surface area contributed by atoms with Crippen LogP contribution in [0.5, 0.6) is 0 Å². The second-order valence-corrected chi connectivity index (χ2v) is 10.1. The number of nitrogens with two attached hydrogens (primary N) is 1. The summed E-state index contributed by atoms with van der Waals surface area (Å²) >= 11 is 0. The Hall–Kier alpha value is -2.13. The lowest BCUT2D eigenvalue weighted by Gasteiger charge is -2.65. The Kier molecular flexibility index (Phi) is 3.96. The number of amides is 1. The first kappa shape index (κ1) is 17.9. The fourth-order valence-corrected chi connectivity index (χ4v) is 7.28. The van der Waals surface area contributed by atoms with Crippen molar-refractivity contribution in [2.75, 3.05) is 5.32 Å². The molecule has 6 rings (SSSR count). The van der Waals surface area contributed by atoms with Crippen molar-refractivity contribution in [2.45, 2.75) is 57.4 Å². The van der Waals surface area contributed by atoms with Gasteiger partial charge < -0.3 is 11.1 Å². The summed E-state index contributed by atoms with van der Waals surface area (Å²) in [6.45, 7) is 2.95. The summed E-state index contributed by atoms with van der Waals surface area (Å²) in [7, 11) is 0. The van der Waals surface area contributed by atoms with Crippen LogP contribution in [0.4, 0.5) is 5.69 Å². The summed E-state index contributed by atoms with van der Waals surface area (Å²) in [4.78, 5) is 13.6. The number of nitrogens with one attached hydrogen (secondary N) is 1. The molecule has 4 aliphatic carbocycles. The predicted molar refractivity (Wildman–Crippen MR) is 113 cm³/mol. The van der Waals surface area contributed by atoms with E-state index >= 15 is 0 Å². The van der Waals surface area contributed by atoms with Crippen LogP contribution in [0.1, 0.15) is 56.6 Å². The SMILES string of the molecule is CC12CC3CC(C(=O)Nc4ccc(CN)cc4)(C1)CC(c1ccccc1)(C3)C2. The van der Waals surface area contributed by atoms with Crippen molar-refractivity contribution in [3.63, 3.8) is 0 Å². The molecule has 28 heavy (non-hydrogen) atoms. The third-order valence-electron chi connectivity index (χ3n) is 7.66. The molecule has 4 bridgehead atoms. The van der Waals surface area contributed by atoms with Crippen LogP contribution in [0.25, 0.3) is 0 Å². The number of carbonyl (C=O) groups excluding carboxylic acids is 1. The largest absolute Gasteiger partial charge is 0.326 e. The maximum absolute atomic E-state index is 13.6. The molecular weight excluding hydrogens is 344 g/mol. The first-order chi connectivity index (χ1) is 13.4. The van der Waals surface area contributed by atoms with Crippen molar-refractivity contribution in [2.24, 2.45) is 22.5 Å². The average molecular weight is 375 g/mol. The van der Waals surface area contributed by atoms with Crippen LogP contribution in [0, 0.1) is 16.7 Å². The van der Waals surface area contributed by atoms with Gasteiger partial charge in [-0.25, -0.2) is 0 Å². The van der Waals surface area contributed by atoms with Gasteiger partial charge in [0.2, 0.25) is 5.91 Å². The second-order valence-electron chi connectivity index (χ2n) is 10.1. The fourth-order valence-electron chi connectivity index (χ4n) is 7.28. The lowest BCUT2D eigenvalue weighted by atomic mass is 9.38. The van der Waals surface area contributed by atoms with Gasteiger partial charge in [0.15, 0.2) is 0 Å². The number of carbonyl (C=O) groups is 1. The Morgan fingerprint density at radius 2 is 1.75 bits per heavy atom. The number of hydrogen-bond acceptors (Lipinski definition) is 2. The van der Waals surface area contributed by atoms with Gasteiger partial charge in [0, 0.05) is 12.2 Å². The lowest BCUT2D eigenvalue weighted by Crippen LogP contribution is -2.61. The van der Waals surface area contributed by atoms with Crippen molar-refractivity contribution >= 4 is 11.6 Å². The number of rotatable bonds is 4. The first-order valence-electron chi connectivity index (χ1n) is 10.6. The van der Waals surface area contributed by atoms with Gasteiger partial charge >= 0.3 is 0 Å². The van der Waals surface area contributed by atoms with E-state index in [4.69, 9.17) is 5.73 Å². The summed E-state index contributed by atoms with van der Waals surface area (Å²) in [5, 5.41) is 3.26. The van der Waals surface area contributed by atoms with Gasteiger partial charge in [0.1, 0.15) is 0 Å². The third kappa shape index (κ3) is 2.79. The van der Waals surface area contributed by atoms with E-state index in [0.29, 0.717) is 12.5 Å². The van der Waals surface area contributed by atoms with E-state index in [1.165, 1.54) is 24.8 Å². The van der Waals surface area contributed by atoms with Crippen LogP contribution in [0.3, 0.4) is 0 Å². The van der Waals surface area contributed by atoms with Crippen LogP contribution < -0.4 is 11.1 Å². The van der Waals surface area contributed by atoms with Gasteiger partial charge in [-0.05, 0) is 78.5 Å². The Balaban J connectivity index is 1.47. The minimum Gasteiger partial charge on any atom is -0.326 e. The zero-order chi connectivity index (χ0) is 19.4. The number of benzene rings is 2. The molecule has 1 amide bonds. The van der Waals surface area contributed by atoms with Gasteiger partial charge in [-0.2, -0.15) is 0 Å². The maximum atomic E-state index is 13.6. The van der Waals surface area contributed by atoms with Gasteiger partial charge in [0.25, 0.3) is 0 Å². The highest BCUT2D eigenvalue weighted by molar-refractivity contribution is 5.96. The van der Waals surface area contributed by atoms with Gasteiger partial charge in [-0.15, -0.1) is 0 Å².